The molecule has 0 aromatic heterocycles. The molecular formula is C15H32N2O2S. The fraction of sp³-hybridized carbons (Fsp3) is 1.00. The molecular weight excluding hydrogens is 272 g/mol. The Labute approximate surface area is 125 Å². The highest BCUT2D eigenvalue weighted by Crippen LogP contribution is 2.25. The third-order valence-corrected chi connectivity index (χ3v) is 6.11. The quantitative estimate of drug-likeness (QED) is 0.820. The van der Waals surface area contributed by atoms with Crippen molar-refractivity contribution in [2.45, 2.75) is 59.9 Å². The molecule has 0 aromatic carbocycles. The van der Waals surface area contributed by atoms with E-state index in [1.807, 2.05) is 0 Å². The van der Waals surface area contributed by atoms with Gasteiger partial charge in [0.2, 0.25) is 10.0 Å². The number of hydrogen-bond donors (Lipinski definition) is 1. The van der Waals surface area contributed by atoms with Crippen LogP contribution >= 0.6 is 0 Å². The highest BCUT2D eigenvalue weighted by molar-refractivity contribution is 7.89. The third-order valence-electron chi connectivity index (χ3n) is 4.24. The lowest BCUT2D eigenvalue weighted by Crippen LogP contribution is -2.44. The molecule has 120 valence electrons. The van der Waals surface area contributed by atoms with Crippen LogP contribution in [0.4, 0.5) is 0 Å². The van der Waals surface area contributed by atoms with Gasteiger partial charge in [0.1, 0.15) is 0 Å². The number of sulfonamides is 1. The maximum Gasteiger partial charge on any atom is 0.214 e. The van der Waals surface area contributed by atoms with Gasteiger partial charge in [-0.1, -0.05) is 27.7 Å². The largest absolute Gasteiger partial charge is 0.314 e. The number of nitrogens with zero attached hydrogens (tertiary/aromatic N) is 1. The predicted molar refractivity (Wildman–Crippen MR) is 85.3 cm³/mol. The summed E-state index contributed by atoms with van der Waals surface area (Å²) in [6.07, 6.45) is 2.68. The summed E-state index contributed by atoms with van der Waals surface area (Å²) < 4.78 is 26.4. The van der Waals surface area contributed by atoms with Crippen molar-refractivity contribution in [1.29, 1.82) is 0 Å². The van der Waals surface area contributed by atoms with E-state index in [-0.39, 0.29) is 11.2 Å². The molecule has 1 unspecified atom stereocenters. The van der Waals surface area contributed by atoms with E-state index in [0.29, 0.717) is 25.0 Å². The summed E-state index contributed by atoms with van der Waals surface area (Å²) >= 11 is 0. The van der Waals surface area contributed by atoms with Crippen LogP contribution in [0, 0.1) is 11.3 Å². The van der Waals surface area contributed by atoms with Crippen molar-refractivity contribution in [3.8, 4) is 0 Å². The van der Waals surface area contributed by atoms with Crippen LogP contribution in [0.1, 0.15) is 53.9 Å². The predicted octanol–water partition coefficient (Wildman–Crippen LogP) is 2.46. The van der Waals surface area contributed by atoms with Crippen LogP contribution in [-0.2, 0) is 10.0 Å². The van der Waals surface area contributed by atoms with Crippen LogP contribution in [0.25, 0.3) is 0 Å². The highest BCUT2D eigenvalue weighted by Gasteiger charge is 2.30. The zero-order valence-corrected chi connectivity index (χ0v) is 14.6. The van der Waals surface area contributed by atoms with Gasteiger partial charge in [0.15, 0.2) is 0 Å². The molecule has 0 saturated carbocycles. The molecule has 20 heavy (non-hydrogen) atoms. The Morgan fingerprint density at radius 3 is 2.25 bits per heavy atom. The second kappa shape index (κ2) is 7.23. The second-order valence-electron chi connectivity index (χ2n) is 7.21. The minimum absolute atomic E-state index is 0.0744. The van der Waals surface area contributed by atoms with Crippen molar-refractivity contribution < 1.29 is 8.42 Å². The number of nitrogens with one attached hydrogen (secondary N) is 1. The van der Waals surface area contributed by atoms with Crippen LogP contribution < -0.4 is 5.32 Å². The number of piperidine rings is 1. The van der Waals surface area contributed by atoms with Gasteiger partial charge in [-0.2, -0.15) is 0 Å². The van der Waals surface area contributed by atoms with Crippen LogP contribution in [0.2, 0.25) is 0 Å². The van der Waals surface area contributed by atoms with E-state index in [1.54, 1.807) is 4.31 Å². The Morgan fingerprint density at radius 1 is 1.25 bits per heavy atom. The van der Waals surface area contributed by atoms with E-state index in [4.69, 9.17) is 0 Å². The first-order valence-corrected chi connectivity index (χ1v) is 9.48. The van der Waals surface area contributed by atoms with Gasteiger partial charge in [-0.25, -0.2) is 12.7 Å². The van der Waals surface area contributed by atoms with Crippen molar-refractivity contribution in [3.05, 3.63) is 0 Å². The molecule has 0 aromatic rings. The smallest absolute Gasteiger partial charge is 0.214 e. The van der Waals surface area contributed by atoms with Gasteiger partial charge in [0.05, 0.1) is 5.75 Å². The fourth-order valence-corrected chi connectivity index (χ4v) is 4.60. The molecule has 1 N–H and O–H groups in total. The van der Waals surface area contributed by atoms with Crippen LogP contribution in [0.15, 0.2) is 0 Å². The minimum Gasteiger partial charge on any atom is -0.314 e. The summed E-state index contributed by atoms with van der Waals surface area (Å²) in [6.45, 7) is 12.9. The van der Waals surface area contributed by atoms with Gasteiger partial charge in [-0.05, 0) is 44.1 Å². The Bertz CT molecular complexity index is 379. The van der Waals surface area contributed by atoms with Gasteiger partial charge >= 0.3 is 0 Å². The van der Waals surface area contributed by atoms with E-state index < -0.39 is 10.0 Å². The first-order chi connectivity index (χ1) is 9.15. The fourth-order valence-electron chi connectivity index (χ4n) is 2.71. The maximum atomic E-state index is 12.3. The van der Waals surface area contributed by atoms with Gasteiger partial charge < -0.3 is 5.32 Å². The second-order valence-corrected chi connectivity index (χ2v) is 9.30. The van der Waals surface area contributed by atoms with E-state index in [9.17, 15) is 8.42 Å². The van der Waals surface area contributed by atoms with Crippen molar-refractivity contribution >= 4 is 10.0 Å². The van der Waals surface area contributed by atoms with Gasteiger partial charge in [0, 0.05) is 19.1 Å². The van der Waals surface area contributed by atoms with E-state index in [1.165, 1.54) is 0 Å². The van der Waals surface area contributed by atoms with Gasteiger partial charge in [0.25, 0.3) is 0 Å². The first kappa shape index (κ1) is 17.9. The third kappa shape index (κ3) is 5.70. The average Bonchev–Trinajstić information content (AvgIpc) is 2.36. The summed E-state index contributed by atoms with van der Waals surface area (Å²) in [4.78, 5) is 0. The molecule has 1 atom stereocenters. The lowest BCUT2D eigenvalue weighted by Gasteiger charge is -2.34. The van der Waals surface area contributed by atoms with Gasteiger partial charge in [-0.15, -0.1) is 0 Å². The molecule has 4 nitrogen and oxygen atoms in total. The SMILES string of the molecule is CCNC(C)C1CCN(S(=O)(=O)CCC(C)(C)C)CC1. The monoisotopic (exact) mass is 304 g/mol. The summed E-state index contributed by atoms with van der Waals surface area (Å²) in [7, 11) is -3.07. The Kier molecular flexibility index (Phi) is 6.48. The molecule has 1 aliphatic heterocycles. The molecule has 1 heterocycles. The van der Waals surface area contributed by atoms with Crippen LogP contribution in [0.5, 0.6) is 0 Å². The molecule has 1 fully saturated rings. The van der Waals surface area contributed by atoms with Crippen molar-refractivity contribution in [2.75, 3.05) is 25.4 Å². The Balaban J connectivity index is 2.48. The summed E-state index contributed by atoms with van der Waals surface area (Å²) in [5.74, 6) is 0.883. The molecule has 0 radical (unpaired) electrons. The van der Waals surface area contributed by atoms with E-state index in [2.05, 4.69) is 39.9 Å². The Morgan fingerprint density at radius 2 is 1.80 bits per heavy atom. The van der Waals surface area contributed by atoms with Crippen molar-refractivity contribution in [2.24, 2.45) is 11.3 Å². The molecule has 0 spiro atoms. The first-order valence-electron chi connectivity index (χ1n) is 7.87. The molecule has 0 aliphatic carbocycles. The summed E-state index contributed by atoms with van der Waals surface area (Å²) in [5.41, 5.74) is 0.0744. The van der Waals surface area contributed by atoms with E-state index >= 15 is 0 Å². The van der Waals surface area contributed by atoms with Crippen LogP contribution in [0.3, 0.4) is 0 Å². The van der Waals surface area contributed by atoms with Crippen molar-refractivity contribution in [3.63, 3.8) is 0 Å². The molecule has 0 bridgehead atoms. The van der Waals surface area contributed by atoms with Crippen LogP contribution in [-0.4, -0.2) is 44.2 Å². The normalized spacial score (nSPS) is 21.1. The maximum absolute atomic E-state index is 12.3. The van der Waals surface area contributed by atoms with E-state index in [0.717, 1.165) is 25.8 Å². The zero-order chi connectivity index (χ0) is 15.4. The topological polar surface area (TPSA) is 49.4 Å². The summed E-state index contributed by atoms with van der Waals surface area (Å²) in [5, 5.41) is 3.45. The molecule has 1 rings (SSSR count). The zero-order valence-electron chi connectivity index (χ0n) is 13.8. The van der Waals surface area contributed by atoms with Crippen molar-refractivity contribution in [1.82, 2.24) is 9.62 Å². The Hall–Kier alpha value is -0.130. The molecule has 1 aliphatic rings. The lowest BCUT2D eigenvalue weighted by molar-refractivity contribution is 0.232. The highest BCUT2D eigenvalue weighted by atomic mass is 32.2. The minimum atomic E-state index is -3.07. The number of hydrogen-bond acceptors (Lipinski definition) is 3. The average molecular weight is 305 g/mol. The standard InChI is InChI=1S/C15H32N2O2S/c1-6-16-13(2)14-7-10-17(11-8-14)20(18,19)12-9-15(3,4)5/h13-14,16H,6-12H2,1-5H3. The summed E-state index contributed by atoms with van der Waals surface area (Å²) in [6, 6.07) is 0.486. The number of rotatable bonds is 6. The molecule has 0 amide bonds. The molecule has 1 saturated heterocycles. The lowest BCUT2D eigenvalue weighted by atomic mass is 9.91. The van der Waals surface area contributed by atoms with Gasteiger partial charge in [-0.3, -0.25) is 0 Å². The molecule has 5 heteroatoms.